The highest BCUT2D eigenvalue weighted by atomic mass is 32.1. The van der Waals surface area contributed by atoms with Crippen molar-refractivity contribution in [2.45, 2.75) is 26.8 Å². The molecule has 2 aromatic heterocycles. The van der Waals surface area contributed by atoms with Gasteiger partial charge < -0.3 is 4.57 Å². The third kappa shape index (κ3) is 3.29. The highest BCUT2D eigenvalue weighted by Gasteiger charge is 2.12. The lowest BCUT2D eigenvalue weighted by Crippen LogP contribution is -2.01. The molecule has 0 amide bonds. The molecule has 0 saturated heterocycles. The third-order valence-corrected chi connectivity index (χ3v) is 5.16. The summed E-state index contributed by atoms with van der Waals surface area (Å²) < 4.78 is 17.5. The van der Waals surface area contributed by atoms with Crippen molar-refractivity contribution in [2.75, 3.05) is 0 Å². The zero-order chi connectivity index (χ0) is 19.7. The highest BCUT2D eigenvalue weighted by molar-refractivity contribution is 7.71. The molecule has 0 unspecified atom stereocenters. The Labute approximate surface area is 167 Å². The van der Waals surface area contributed by atoms with Gasteiger partial charge in [-0.15, -0.1) is 0 Å². The van der Waals surface area contributed by atoms with Crippen molar-refractivity contribution < 1.29 is 4.39 Å². The molecule has 2 heterocycles. The number of para-hydroxylation sites is 1. The minimum Gasteiger partial charge on any atom is -0.344 e. The summed E-state index contributed by atoms with van der Waals surface area (Å²) in [5, 5.41) is 12.8. The van der Waals surface area contributed by atoms with E-state index in [1.165, 1.54) is 17.6 Å². The van der Waals surface area contributed by atoms with Crippen molar-refractivity contribution in [3.63, 3.8) is 0 Å². The van der Waals surface area contributed by atoms with Crippen molar-refractivity contribution in [3.8, 4) is 0 Å². The van der Waals surface area contributed by atoms with Gasteiger partial charge in [0.1, 0.15) is 5.82 Å². The van der Waals surface area contributed by atoms with Crippen LogP contribution in [0.25, 0.3) is 10.9 Å². The largest absolute Gasteiger partial charge is 0.344 e. The molecule has 7 heteroatoms. The molecule has 0 aliphatic carbocycles. The molecule has 4 rings (SSSR count). The van der Waals surface area contributed by atoms with Gasteiger partial charge in [0, 0.05) is 35.1 Å². The Morgan fingerprint density at radius 1 is 1.18 bits per heavy atom. The van der Waals surface area contributed by atoms with Crippen molar-refractivity contribution in [1.29, 1.82) is 0 Å². The molecule has 142 valence electrons. The van der Waals surface area contributed by atoms with Crippen LogP contribution in [0.2, 0.25) is 0 Å². The Bertz CT molecular complexity index is 1210. The standard InChI is InChI=1S/C21H20FN5S/c1-3-26-14(2)18(17-6-4-5-7-19(17)26)13-23-27-20(24-25-21(27)28)12-15-8-10-16(22)11-9-15/h4-11,13H,3,12H2,1-2H3,(H,25,28)/b23-13-. The van der Waals surface area contributed by atoms with Crippen molar-refractivity contribution in [2.24, 2.45) is 5.10 Å². The summed E-state index contributed by atoms with van der Waals surface area (Å²) >= 11 is 5.35. The summed E-state index contributed by atoms with van der Waals surface area (Å²) in [4.78, 5) is 0. The number of aryl methyl sites for hydroxylation is 1. The molecule has 28 heavy (non-hydrogen) atoms. The number of nitrogens with zero attached hydrogens (tertiary/aromatic N) is 4. The van der Waals surface area contributed by atoms with E-state index in [1.807, 2.05) is 18.3 Å². The summed E-state index contributed by atoms with van der Waals surface area (Å²) in [7, 11) is 0. The van der Waals surface area contributed by atoms with E-state index in [9.17, 15) is 4.39 Å². The maximum atomic E-state index is 13.1. The second-order valence-electron chi connectivity index (χ2n) is 6.57. The fraction of sp³-hybridized carbons (Fsp3) is 0.190. The Morgan fingerprint density at radius 2 is 1.93 bits per heavy atom. The molecule has 0 spiro atoms. The lowest BCUT2D eigenvalue weighted by molar-refractivity contribution is 0.627. The first kappa shape index (κ1) is 18.3. The van der Waals surface area contributed by atoms with Gasteiger partial charge in [-0.2, -0.15) is 14.9 Å². The van der Waals surface area contributed by atoms with E-state index in [2.05, 4.69) is 45.8 Å². The van der Waals surface area contributed by atoms with Crippen molar-refractivity contribution >= 4 is 29.3 Å². The highest BCUT2D eigenvalue weighted by Crippen LogP contribution is 2.24. The van der Waals surface area contributed by atoms with Gasteiger partial charge in [0.25, 0.3) is 0 Å². The van der Waals surface area contributed by atoms with Crippen LogP contribution in [0.5, 0.6) is 0 Å². The molecule has 0 atom stereocenters. The van der Waals surface area contributed by atoms with Crippen LogP contribution in [-0.4, -0.2) is 25.7 Å². The fourth-order valence-electron chi connectivity index (χ4n) is 3.49. The van der Waals surface area contributed by atoms with Crippen LogP contribution < -0.4 is 0 Å². The third-order valence-electron chi connectivity index (χ3n) is 4.89. The van der Waals surface area contributed by atoms with Gasteiger partial charge in [-0.3, -0.25) is 5.10 Å². The van der Waals surface area contributed by atoms with Gasteiger partial charge in [-0.05, 0) is 49.8 Å². The molecule has 0 radical (unpaired) electrons. The van der Waals surface area contributed by atoms with E-state index >= 15 is 0 Å². The molecular formula is C21H20FN5S. The zero-order valence-corrected chi connectivity index (χ0v) is 16.5. The smallest absolute Gasteiger partial charge is 0.216 e. The van der Waals surface area contributed by atoms with Crippen molar-refractivity contribution in [3.05, 3.63) is 81.8 Å². The topological polar surface area (TPSA) is 50.9 Å². The normalized spacial score (nSPS) is 11.7. The summed E-state index contributed by atoms with van der Waals surface area (Å²) in [6.45, 7) is 5.12. The van der Waals surface area contributed by atoms with Crippen LogP contribution in [0, 0.1) is 17.5 Å². The maximum Gasteiger partial charge on any atom is 0.216 e. The van der Waals surface area contributed by atoms with Gasteiger partial charge in [-0.1, -0.05) is 30.3 Å². The van der Waals surface area contributed by atoms with E-state index < -0.39 is 0 Å². The van der Waals surface area contributed by atoms with Gasteiger partial charge in [0.15, 0.2) is 5.82 Å². The number of fused-ring (bicyclic) bond motifs is 1. The predicted octanol–water partition coefficient (Wildman–Crippen LogP) is 4.84. The molecule has 2 aromatic carbocycles. The first-order valence-electron chi connectivity index (χ1n) is 9.11. The van der Waals surface area contributed by atoms with Gasteiger partial charge in [-0.25, -0.2) is 4.39 Å². The van der Waals surface area contributed by atoms with Gasteiger partial charge in [0.2, 0.25) is 4.77 Å². The Hall–Kier alpha value is -3.06. The molecule has 0 bridgehead atoms. The van der Waals surface area contributed by atoms with Gasteiger partial charge in [0.05, 0.1) is 6.21 Å². The average molecular weight is 393 g/mol. The van der Waals surface area contributed by atoms with E-state index in [-0.39, 0.29) is 5.82 Å². The average Bonchev–Trinajstić information content (AvgIpc) is 3.18. The molecule has 5 nitrogen and oxygen atoms in total. The SMILES string of the molecule is CCn1c(C)c(/C=N\n2c(Cc3ccc(F)cc3)n[nH]c2=S)c2ccccc21. The fourth-order valence-corrected chi connectivity index (χ4v) is 3.68. The summed E-state index contributed by atoms with van der Waals surface area (Å²) in [5.41, 5.74) is 4.34. The number of rotatable bonds is 5. The number of hydrogen-bond donors (Lipinski definition) is 1. The molecule has 1 N–H and O–H groups in total. The predicted molar refractivity (Wildman–Crippen MR) is 112 cm³/mol. The van der Waals surface area contributed by atoms with Crippen LogP contribution in [0.1, 0.15) is 29.6 Å². The second kappa shape index (κ2) is 7.52. The molecule has 0 aliphatic heterocycles. The van der Waals surface area contributed by atoms with E-state index in [4.69, 9.17) is 12.2 Å². The minimum absolute atomic E-state index is 0.261. The number of hydrogen-bond acceptors (Lipinski definition) is 3. The molecule has 0 saturated carbocycles. The van der Waals surface area contributed by atoms with Crippen LogP contribution in [-0.2, 0) is 13.0 Å². The minimum atomic E-state index is -0.261. The first-order valence-corrected chi connectivity index (χ1v) is 9.52. The first-order chi connectivity index (χ1) is 13.6. The van der Waals surface area contributed by atoms with Crippen LogP contribution >= 0.6 is 12.2 Å². The molecule has 0 aliphatic rings. The second-order valence-corrected chi connectivity index (χ2v) is 6.95. The quantitative estimate of drug-likeness (QED) is 0.390. The monoisotopic (exact) mass is 393 g/mol. The Balaban J connectivity index is 1.73. The van der Waals surface area contributed by atoms with Crippen LogP contribution in [0.3, 0.4) is 0 Å². The molecular weight excluding hydrogens is 373 g/mol. The summed E-state index contributed by atoms with van der Waals surface area (Å²) in [6.07, 6.45) is 2.34. The number of H-pyrrole nitrogens is 1. The van der Waals surface area contributed by atoms with Crippen LogP contribution in [0.15, 0.2) is 53.6 Å². The van der Waals surface area contributed by atoms with Gasteiger partial charge >= 0.3 is 0 Å². The number of aromatic amines is 1. The zero-order valence-electron chi connectivity index (χ0n) is 15.7. The Morgan fingerprint density at radius 3 is 2.68 bits per heavy atom. The van der Waals surface area contributed by atoms with E-state index in [0.717, 1.165) is 28.8 Å². The number of halogens is 1. The lowest BCUT2D eigenvalue weighted by atomic mass is 10.1. The van der Waals surface area contributed by atoms with Crippen LogP contribution in [0.4, 0.5) is 4.39 Å². The summed E-state index contributed by atoms with van der Waals surface area (Å²) in [5.74, 6) is 0.410. The Kier molecular flexibility index (Phi) is 4.92. The maximum absolute atomic E-state index is 13.1. The van der Waals surface area contributed by atoms with E-state index in [1.54, 1.807) is 16.8 Å². The molecule has 0 fully saturated rings. The van der Waals surface area contributed by atoms with Crippen molar-refractivity contribution in [1.82, 2.24) is 19.4 Å². The number of benzene rings is 2. The molecule has 4 aromatic rings. The lowest BCUT2D eigenvalue weighted by Gasteiger charge is -2.03. The van der Waals surface area contributed by atoms with E-state index in [0.29, 0.717) is 17.0 Å². The number of aromatic nitrogens is 4. The number of nitrogens with one attached hydrogen (secondary N) is 1. The summed E-state index contributed by atoms with van der Waals surface area (Å²) in [6, 6.07) is 14.6.